The SMILES string of the molecule is Fc1ccc(Nc2ccc(F)c(F)c2)cc1F. The summed E-state index contributed by atoms with van der Waals surface area (Å²) in [5.41, 5.74) is 0.491. The quantitative estimate of drug-likeness (QED) is 0.784. The molecule has 0 aliphatic rings. The average Bonchev–Trinajstić information content (AvgIpc) is 2.29. The highest BCUT2D eigenvalue weighted by atomic mass is 19.2. The van der Waals surface area contributed by atoms with Gasteiger partial charge in [0.2, 0.25) is 0 Å². The Hall–Kier alpha value is -2.04. The van der Waals surface area contributed by atoms with Gasteiger partial charge in [-0.2, -0.15) is 0 Å². The van der Waals surface area contributed by atoms with E-state index in [1.165, 1.54) is 12.1 Å². The van der Waals surface area contributed by atoms with Gasteiger partial charge in [0.25, 0.3) is 0 Å². The molecule has 0 unspecified atom stereocenters. The molecule has 0 heterocycles. The molecule has 0 amide bonds. The van der Waals surface area contributed by atoms with Crippen molar-refractivity contribution in [2.45, 2.75) is 0 Å². The van der Waals surface area contributed by atoms with E-state index < -0.39 is 23.3 Å². The van der Waals surface area contributed by atoms with Crippen LogP contribution in [0.3, 0.4) is 0 Å². The third-order valence-electron chi connectivity index (χ3n) is 2.13. The fourth-order valence-corrected chi connectivity index (χ4v) is 1.31. The molecule has 0 aromatic heterocycles. The van der Waals surface area contributed by atoms with Gasteiger partial charge in [-0.15, -0.1) is 0 Å². The molecule has 0 atom stereocenters. The monoisotopic (exact) mass is 241 g/mol. The molecule has 17 heavy (non-hydrogen) atoms. The Bertz CT molecular complexity index is 505. The Morgan fingerprint density at radius 1 is 0.588 bits per heavy atom. The summed E-state index contributed by atoms with van der Waals surface area (Å²) in [4.78, 5) is 0. The van der Waals surface area contributed by atoms with Gasteiger partial charge in [-0.3, -0.25) is 0 Å². The molecule has 0 aliphatic heterocycles. The largest absolute Gasteiger partial charge is 0.355 e. The number of benzene rings is 2. The maximum absolute atomic E-state index is 12.9. The van der Waals surface area contributed by atoms with Gasteiger partial charge in [0, 0.05) is 23.5 Å². The van der Waals surface area contributed by atoms with Crippen molar-refractivity contribution in [2.75, 3.05) is 5.32 Å². The van der Waals surface area contributed by atoms with Crippen LogP contribution in [0.15, 0.2) is 36.4 Å². The minimum absolute atomic E-state index is 0.245. The summed E-state index contributed by atoms with van der Waals surface area (Å²) >= 11 is 0. The number of halogens is 4. The van der Waals surface area contributed by atoms with Crippen LogP contribution in [0.1, 0.15) is 0 Å². The van der Waals surface area contributed by atoms with E-state index >= 15 is 0 Å². The maximum Gasteiger partial charge on any atom is 0.160 e. The maximum atomic E-state index is 12.9. The molecule has 0 spiro atoms. The summed E-state index contributed by atoms with van der Waals surface area (Å²) in [5, 5.41) is 2.63. The smallest absolute Gasteiger partial charge is 0.160 e. The molecule has 0 radical (unpaired) electrons. The van der Waals surface area contributed by atoms with Crippen LogP contribution >= 0.6 is 0 Å². The van der Waals surface area contributed by atoms with E-state index in [2.05, 4.69) is 5.32 Å². The molecule has 1 N–H and O–H groups in total. The van der Waals surface area contributed by atoms with Crippen LogP contribution in [-0.2, 0) is 0 Å². The van der Waals surface area contributed by atoms with Crippen molar-refractivity contribution in [1.82, 2.24) is 0 Å². The zero-order valence-corrected chi connectivity index (χ0v) is 8.48. The van der Waals surface area contributed by atoms with Crippen molar-refractivity contribution >= 4 is 11.4 Å². The van der Waals surface area contributed by atoms with Crippen LogP contribution in [0.25, 0.3) is 0 Å². The van der Waals surface area contributed by atoms with Crippen molar-refractivity contribution in [3.05, 3.63) is 59.7 Å². The first-order chi connectivity index (χ1) is 8.06. The summed E-state index contributed by atoms with van der Waals surface area (Å²) < 4.78 is 51.0. The molecule has 2 aromatic carbocycles. The number of hydrogen-bond donors (Lipinski definition) is 1. The minimum Gasteiger partial charge on any atom is -0.355 e. The Kier molecular flexibility index (Phi) is 2.99. The van der Waals surface area contributed by atoms with E-state index in [0.29, 0.717) is 0 Å². The normalized spacial score (nSPS) is 10.4. The Morgan fingerprint density at radius 2 is 1.00 bits per heavy atom. The second-order valence-electron chi connectivity index (χ2n) is 3.38. The Morgan fingerprint density at radius 3 is 1.35 bits per heavy atom. The lowest BCUT2D eigenvalue weighted by Crippen LogP contribution is -1.94. The Labute approximate surface area is 94.7 Å². The fraction of sp³-hybridized carbons (Fsp3) is 0. The predicted octanol–water partition coefficient (Wildman–Crippen LogP) is 3.99. The second-order valence-corrected chi connectivity index (χ2v) is 3.38. The van der Waals surface area contributed by atoms with E-state index in [4.69, 9.17) is 0 Å². The predicted molar refractivity (Wildman–Crippen MR) is 56.0 cm³/mol. The lowest BCUT2D eigenvalue weighted by atomic mass is 10.2. The summed E-state index contributed by atoms with van der Waals surface area (Å²) in [5.74, 6) is -3.98. The van der Waals surface area contributed by atoms with Gasteiger partial charge in [-0.05, 0) is 24.3 Å². The van der Waals surface area contributed by atoms with Crippen molar-refractivity contribution in [1.29, 1.82) is 0 Å². The van der Waals surface area contributed by atoms with Gasteiger partial charge >= 0.3 is 0 Å². The third-order valence-corrected chi connectivity index (χ3v) is 2.13. The standard InChI is InChI=1S/C12H7F4N/c13-9-3-1-7(5-11(9)15)17-8-2-4-10(14)12(16)6-8/h1-6,17H. The molecular weight excluding hydrogens is 234 g/mol. The summed E-state index contributed by atoms with van der Waals surface area (Å²) in [7, 11) is 0. The molecule has 1 nitrogen and oxygen atoms in total. The van der Waals surface area contributed by atoms with Crippen LogP contribution in [0.5, 0.6) is 0 Å². The first-order valence-electron chi connectivity index (χ1n) is 4.73. The highest BCUT2D eigenvalue weighted by Crippen LogP contribution is 2.20. The first-order valence-corrected chi connectivity index (χ1v) is 4.73. The number of hydrogen-bond acceptors (Lipinski definition) is 1. The van der Waals surface area contributed by atoms with E-state index in [-0.39, 0.29) is 11.4 Å². The van der Waals surface area contributed by atoms with Crippen LogP contribution in [-0.4, -0.2) is 0 Å². The summed E-state index contributed by atoms with van der Waals surface area (Å²) in [6.45, 7) is 0. The molecule has 0 aliphatic carbocycles. The molecule has 0 saturated heterocycles. The fourth-order valence-electron chi connectivity index (χ4n) is 1.31. The molecular formula is C12H7F4N. The Balaban J connectivity index is 2.25. The van der Waals surface area contributed by atoms with Crippen molar-refractivity contribution in [2.24, 2.45) is 0 Å². The molecule has 0 fully saturated rings. The van der Waals surface area contributed by atoms with E-state index in [1.807, 2.05) is 0 Å². The number of anilines is 2. The topological polar surface area (TPSA) is 12.0 Å². The van der Waals surface area contributed by atoms with Gasteiger partial charge in [-0.1, -0.05) is 0 Å². The molecule has 88 valence electrons. The second kappa shape index (κ2) is 4.45. The van der Waals surface area contributed by atoms with E-state index in [1.54, 1.807) is 0 Å². The molecule has 0 saturated carbocycles. The minimum atomic E-state index is -1.02. The summed E-state index contributed by atoms with van der Waals surface area (Å²) in [6, 6.07) is 6.32. The molecule has 2 aromatic rings. The van der Waals surface area contributed by atoms with E-state index in [0.717, 1.165) is 24.3 Å². The zero-order valence-electron chi connectivity index (χ0n) is 8.48. The highest BCUT2D eigenvalue weighted by Gasteiger charge is 2.05. The average molecular weight is 241 g/mol. The van der Waals surface area contributed by atoms with Crippen molar-refractivity contribution in [3.8, 4) is 0 Å². The van der Waals surface area contributed by atoms with Gasteiger partial charge < -0.3 is 5.32 Å². The van der Waals surface area contributed by atoms with Gasteiger partial charge in [0.05, 0.1) is 0 Å². The van der Waals surface area contributed by atoms with Crippen LogP contribution < -0.4 is 5.32 Å². The van der Waals surface area contributed by atoms with Crippen LogP contribution in [0, 0.1) is 23.3 Å². The highest BCUT2D eigenvalue weighted by molar-refractivity contribution is 5.59. The first kappa shape index (κ1) is 11.4. The lowest BCUT2D eigenvalue weighted by Gasteiger charge is -2.07. The molecule has 2 rings (SSSR count). The van der Waals surface area contributed by atoms with Gasteiger partial charge in [-0.25, -0.2) is 17.6 Å². The lowest BCUT2D eigenvalue weighted by molar-refractivity contribution is 0.508. The van der Waals surface area contributed by atoms with Crippen LogP contribution in [0.2, 0.25) is 0 Å². The molecule has 0 bridgehead atoms. The zero-order chi connectivity index (χ0) is 12.4. The number of rotatable bonds is 2. The van der Waals surface area contributed by atoms with Crippen molar-refractivity contribution in [3.63, 3.8) is 0 Å². The summed E-state index contributed by atoms with van der Waals surface area (Å²) in [6.07, 6.45) is 0. The number of nitrogens with one attached hydrogen (secondary N) is 1. The molecule has 5 heteroatoms. The third kappa shape index (κ3) is 2.55. The van der Waals surface area contributed by atoms with Gasteiger partial charge in [0.15, 0.2) is 23.3 Å². The van der Waals surface area contributed by atoms with Crippen molar-refractivity contribution < 1.29 is 17.6 Å². The van der Waals surface area contributed by atoms with Crippen LogP contribution in [0.4, 0.5) is 28.9 Å². The van der Waals surface area contributed by atoms with Gasteiger partial charge in [0.1, 0.15) is 0 Å². The van der Waals surface area contributed by atoms with E-state index in [9.17, 15) is 17.6 Å².